The summed E-state index contributed by atoms with van der Waals surface area (Å²) >= 11 is 5.08. The third kappa shape index (κ3) is 3.64. The minimum atomic E-state index is -0.391. The molecular formula is C17H14N4O2S. The van der Waals surface area contributed by atoms with Crippen molar-refractivity contribution in [2.75, 3.05) is 0 Å². The van der Waals surface area contributed by atoms with Crippen LogP contribution in [0.1, 0.15) is 21.7 Å². The van der Waals surface area contributed by atoms with Gasteiger partial charge in [-0.1, -0.05) is 18.2 Å². The van der Waals surface area contributed by atoms with Crippen LogP contribution in [0.5, 0.6) is 5.75 Å². The van der Waals surface area contributed by atoms with Gasteiger partial charge in [0.05, 0.1) is 11.8 Å². The smallest absolute Gasteiger partial charge is 0.343 e. The molecule has 3 rings (SSSR count). The van der Waals surface area contributed by atoms with Gasteiger partial charge in [-0.15, -0.1) is 0 Å². The number of rotatable bonds is 4. The number of carbonyl (C=O) groups excluding carboxylic acids is 1. The van der Waals surface area contributed by atoms with Gasteiger partial charge in [-0.25, -0.2) is 4.79 Å². The van der Waals surface area contributed by atoms with Gasteiger partial charge in [-0.3, -0.25) is 5.10 Å². The van der Waals surface area contributed by atoms with Crippen molar-refractivity contribution in [2.45, 2.75) is 6.92 Å². The summed E-state index contributed by atoms with van der Waals surface area (Å²) in [6.45, 7) is 1.80. The fourth-order valence-corrected chi connectivity index (χ4v) is 2.22. The molecule has 0 bridgehead atoms. The molecule has 3 aromatic rings. The van der Waals surface area contributed by atoms with Crippen LogP contribution >= 0.6 is 12.2 Å². The molecule has 0 amide bonds. The Balaban J connectivity index is 1.70. The molecule has 24 heavy (non-hydrogen) atoms. The van der Waals surface area contributed by atoms with E-state index in [4.69, 9.17) is 17.0 Å². The monoisotopic (exact) mass is 338 g/mol. The van der Waals surface area contributed by atoms with Crippen LogP contribution in [-0.2, 0) is 0 Å². The maximum Gasteiger partial charge on any atom is 0.343 e. The van der Waals surface area contributed by atoms with Crippen molar-refractivity contribution in [2.24, 2.45) is 5.10 Å². The molecule has 1 aromatic heterocycles. The van der Waals surface area contributed by atoms with Crippen LogP contribution in [0.25, 0.3) is 0 Å². The summed E-state index contributed by atoms with van der Waals surface area (Å²) in [5, 5.41) is 10.9. The molecule has 0 atom stereocenters. The van der Waals surface area contributed by atoms with Gasteiger partial charge in [-0.2, -0.15) is 14.9 Å². The predicted molar refractivity (Wildman–Crippen MR) is 93.0 cm³/mol. The first kappa shape index (κ1) is 15.8. The van der Waals surface area contributed by atoms with Crippen LogP contribution in [0.2, 0.25) is 0 Å². The Hall–Kier alpha value is -3.06. The van der Waals surface area contributed by atoms with Gasteiger partial charge in [0.1, 0.15) is 11.6 Å². The van der Waals surface area contributed by atoms with Crippen molar-refractivity contribution >= 4 is 24.4 Å². The quantitative estimate of drug-likeness (QED) is 0.343. The highest BCUT2D eigenvalue weighted by atomic mass is 32.1. The lowest BCUT2D eigenvalue weighted by atomic mass is 10.2. The van der Waals surface area contributed by atoms with Crippen molar-refractivity contribution in [3.05, 3.63) is 76.3 Å². The number of aryl methyl sites for hydroxylation is 1. The van der Waals surface area contributed by atoms with Crippen LogP contribution in [0.15, 0.2) is 59.7 Å². The molecule has 0 saturated heterocycles. The molecule has 0 unspecified atom stereocenters. The summed E-state index contributed by atoms with van der Waals surface area (Å²) in [7, 11) is 0. The van der Waals surface area contributed by atoms with Crippen LogP contribution in [0.3, 0.4) is 0 Å². The Labute approximate surface area is 143 Å². The highest BCUT2D eigenvalue weighted by molar-refractivity contribution is 7.71. The van der Waals surface area contributed by atoms with E-state index in [0.29, 0.717) is 21.9 Å². The van der Waals surface area contributed by atoms with E-state index < -0.39 is 5.97 Å². The molecule has 0 fully saturated rings. The molecule has 6 nitrogen and oxygen atoms in total. The molecule has 120 valence electrons. The minimum absolute atomic E-state index is 0.391. The number of benzene rings is 2. The summed E-state index contributed by atoms with van der Waals surface area (Å²) in [6.07, 6.45) is 1.65. The average molecular weight is 338 g/mol. The number of esters is 1. The minimum Gasteiger partial charge on any atom is -0.423 e. The van der Waals surface area contributed by atoms with E-state index in [1.165, 1.54) is 4.68 Å². The maximum atomic E-state index is 12.0. The SMILES string of the molecule is Cc1n[nH]c(=S)n1/N=C/c1ccc(OC(=O)c2ccccc2)cc1. The van der Waals surface area contributed by atoms with E-state index >= 15 is 0 Å². The Morgan fingerprint density at radius 1 is 1.21 bits per heavy atom. The molecule has 0 saturated carbocycles. The van der Waals surface area contributed by atoms with Crippen LogP contribution < -0.4 is 4.74 Å². The molecule has 2 aromatic carbocycles. The zero-order chi connectivity index (χ0) is 16.9. The fourth-order valence-electron chi connectivity index (χ4n) is 1.99. The van der Waals surface area contributed by atoms with Crippen molar-refractivity contribution in [3.63, 3.8) is 0 Å². The van der Waals surface area contributed by atoms with E-state index in [-0.39, 0.29) is 0 Å². The second-order valence-electron chi connectivity index (χ2n) is 4.96. The van der Waals surface area contributed by atoms with Gasteiger partial charge >= 0.3 is 5.97 Å². The van der Waals surface area contributed by atoms with E-state index in [9.17, 15) is 4.79 Å². The van der Waals surface area contributed by atoms with Crippen molar-refractivity contribution in [3.8, 4) is 5.75 Å². The molecule has 0 radical (unpaired) electrons. The average Bonchev–Trinajstić information content (AvgIpc) is 2.93. The second-order valence-corrected chi connectivity index (χ2v) is 5.34. The standard InChI is InChI=1S/C17H14N4O2S/c1-12-19-20-17(24)21(12)18-11-13-7-9-15(10-8-13)23-16(22)14-5-3-2-4-6-14/h2-11H,1H3,(H,20,24)/b18-11+. The second kappa shape index (κ2) is 7.01. The molecular weight excluding hydrogens is 324 g/mol. The highest BCUT2D eigenvalue weighted by Crippen LogP contribution is 2.13. The van der Waals surface area contributed by atoms with Crippen molar-refractivity contribution in [1.82, 2.24) is 14.9 Å². The summed E-state index contributed by atoms with van der Waals surface area (Å²) in [6, 6.07) is 15.9. The molecule has 0 aliphatic carbocycles. The fraction of sp³-hybridized carbons (Fsp3) is 0.0588. The third-order valence-corrected chi connectivity index (χ3v) is 3.50. The van der Waals surface area contributed by atoms with Crippen molar-refractivity contribution in [1.29, 1.82) is 0 Å². The lowest BCUT2D eigenvalue weighted by Crippen LogP contribution is -2.08. The summed E-state index contributed by atoms with van der Waals surface area (Å²) in [5.41, 5.74) is 1.35. The lowest BCUT2D eigenvalue weighted by Gasteiger charge is -2.04. The number of nitrogens with zero attached hydrogens (tertiary/aromatic N) is 3. The zero-order valence-electron chi connectivity index (χ0n) is 12.8. The Kier molecular flexibility index (Phi) is 4.62. The van der Waals surface area contributed by atoms with Crippen LogP contribution in [0, 0.1) is 11.7 Å². The van der Waals surface area contributed by atoms with Gasteiger partial charge in [0.25, 0.3) is 0 Å². The molecule has 0 aliphatic heterocycles. The largest absolute Gasteiger partial charge is 0.423 e. The van der Waals surface area contributed by atoms with Crippen LogP contribution in [-0.4, -0.2) is 27.1 Å². The number of aromatic nitrogens is 3. The number of H-pyrrole nitrogens is 1. The van der Waals surface area contributed by atoms with E-state index in [1.54, 1.807) is 61.7 Å². The first-order chi connectivity index (χ1) is 11.6. The van der Waals surface area contributed by atoms with E-state index in [2.05, 4.69) is 15.3 Å². The number of ether oxygens (including phenoxy) is 1. The van der Waals surface area contributed by atoms with Gasteiger partial charge in [0, 0.05) is 0 Å². The zero-order valence-corrected chi connectivity index (χ0v) is 13.7. The van der Waals surface area contributed by atoms with Crippen LogP contribution in [0.4, 0.5) is 0 Å². The normalized spacial score (nSPS) is 10.9. The summed E-state index contributed by atoms with van der Waals surface area (Å²) < 4.78 is 7.28. The molecule has 0 aliphatic rings. The summed E-state index contributed by atoms with van der Waals surface area (Å²) in [4.78, 5) is 12.0. The maximum absolute atomic E-state index is 12.0. The molecule has 1 heterocycles. The number of aromatic amines is 1. The number of carbonyl (C=O) groups is 1. The first-order valence-corrected chi connectivity index (χ1v) is 7.60. The number of nitrogens with one attached hydrogen (secondary N) is 1. The first-order valence-electron chi connectivity index (χ1n) is 7.19. The number of hydrogen-bond donors (Lipinski definition) is 1. The van der Waals surface area contributed by atoms with E-state index in [1.807, 2.05) is 6.07 Å². The Morgan fingerprint density at radius 2 is 1.92 bits per heavy atom. The molecule has 0 spiro atoms. The molecule has 1 N–H and O–H groups in total. The predicted octanol–water partition coefficient (Wildman–Crippen LogP) is 3.35. The topological polar surface area (TPSA) is 72.3 Å². The van der Waals surface area contributed by atoms with Gasteiger partial charge in [0.2, 0.25) is 4.77 Å². The lowest BCUT2D eigenvalue weighted by molar-refractivity contribution is 0.0735. The van der Waals surface area contributed by atoms with E-state index in [0.717, 1.165) is 5.56 Å². The number of hydrogen-bond acceptors (Lipinski definition) is 5. The van der Waals surface area contributed by atoms with Gasteiger partial charge in [-0.05, 0) is 61.1 Å². The third-order valence-electron chi connectivity index (χ3n) is 3.23. The molecule has 7 heteroatoms. The van der Waals surface area contributed by atoms with Gasteiger partial charge < -0.3 is 4.74 Å². The van der Waals surface area contributed by atoms with Gasteiger partial charge in [0.15, 0.2) is 0 Å². The van der Waals surface area contributed by atoms with Crippen molar-refractivity contribution < 1.29 is 9.53 Å². The summed E-state index contributed by atoms with van der Waals surface area (Å²) in [5.74, 6) is 0.749. The Morgan fingerprint density at radius 3 is 2.54 bits per heavy atom. The Bertz CT molecular complexity index is 927. The highest BCUT2D eigenvalue weighted by Gasteiger charge is 2.07.